The molecule has 1 amide bonds. The van der Waals surface area contributed by atoms with Gasteiger partial charge in [0.25, 0.3) is 0 Å². The summed E-state index contributed by atoms with van der Waals surface area (Å²) in [6.07, 6.45) is -0.0626. The maximum Gasteiger partial charge on any atom is 0.208 e. The monoisotopic (exact) mass is 185 g/mol. The fourth-order valence-corrected chi connectivity index (χ4v) is 0.929. The van der Waals surface area contributed by atoms with Gasteiger partial charge in [0.2, 0.25) is 6.41 Å². The summed E-state index contributed by atoms with van der Waals surface area (Å²) in [5.41, 5.74) is 0. The molecule has 0 aromatic heterocycles. The van der Waals surface area contributed by atoms with Gasteiger partial charge in [0, 0.05) is 0 Å². The molecule has 0 aromatic rings. The molecule has 0 saturated carbocycles. The van der Waals surface area contributed by atoms with E-state index in [9.17, 15) is 10.0 Å². The van der Waals surface area contributed by atoms with Crippen LogP contribution in [0.25, 0.3) is 0 Å². The molecule has 0 radical (unpaired) electrons. The van der Waals surface area contributed by atoms with E-state index in [0.29, 0.717) is 6.41 Å². The Morgan fingerprint density at radius 3 is 2.38 bits per heavy atom. The minimum absolute atomic E-state index is 0.00546. The molecule has 13 heavy (non-hydrogen) atoms. The zero-order valence-electron chi connectivity index (χ0n) is 8.06. The van der Waals surface area contributed by atoms with Gasteiger partial charge in [-0.2, -0.15) is 10.3 Å². The Balaban J connectivity index is 4.28. The maximum absolute atomic E-state index is 10.1. The van der Waals surface area contributed by atoms with E-state index in [1.54, 1.807) is 6.92 Å². The van der Waals surface area contributed by atoms with E-state index < -0.39 is 12.2 Å². The molecule has 2 atom stereocenters. The average Bonchev–Trinajstić information content (AvgIpc) is 2.05. The van der Waals surface area contributed by atoms with Gasteiger partial charge in [-0.25, -0.2) is 0 Å². The second-order valence-electron chi connectivity index (χ2n) is 3.16. The molecule has 0 aliphatic heterocycles. The lowest BCUT2D eigenvalue weighted by molar-refractivity contribution is -0.160. The van der Waals surface area contributed by atoms with E-state index in [0.717, 1.165) is 5.06 Å². The molecule has 2 N–H and O–H groups in total. The Bertz CT molecular complexity index is 200. The lowest BCUT2D eigenvalue weighted by Gasteiger charge is -2.28. The smallest absolute Gasteiger partial charge is 0.208 e. The minimum atomic E-state index is -0.609. The molecule has 2 unspecified atom stereocenters. The number of amides is 1. The average molecular weight is 185 g/mol. The molecule has 0 fully saturated rings. The first-order chi connectivity index (χ1) is 6.04. The largest absolute Gasteiger partial charge is 0.341 e. The van der Waals surface area contributed by atoms with Crippen molar-refractivity contribution in [3.8, 4) is 6.07 Å². The highest BCUT2D eigenvalue weighted by Crippen LogP contribution is 2.09. The van der Waals surface area contributed by atoms with Crippen LogP contribution in [0.5, 0.6) is 0 Å². The second kappa shape index (κ2) is 5.51. The van der Waals surface area contributed by atoms with Crippen molar-refractivity contribution in [1.29, 1.82) is 5.26 Å². The van der Waals surface area contributed by atoms with Crippen molar-refractivity contribution in [1.82, 2.24) is 10.4 Å². The van der Waals surface area contributed by atoms with Crippen LogP contribution in [0, 0.1) is 17.2 Å². The van der Waals surface area contributed by atoms with Gasteiger partial charge in [0.15, 0.2) is 0 Å². The van der Waals surface area contributed by atoms with Crippen LogP contribution >= 0.6 is 0 Å². The van der Waals surface area contributed by atoms with Crippen molar-refractivity contribution >= 4 is 6.41 Å². The van der Waals surface area contributed by atoms with Crippen LogP contribution in [0.3, 0.4) is 0 Å². The first-order valence-corrected chi connectivity index (χ1v) is 4.11. The van der Waals surface area contributed by atoms with Gasteiger partial charge >= 0.3 is 0 Å². The van der Waals surface area contributed by atoms with Crippen molar-refractivity contribution in [2.75, 3.05) is 0 Å². The van der Waals surface area contributed by atoms with Gasteiger partial charge in [-0.3, -0.25) is 4.79 Å². The Morgan fingerprint density at radius 1 is 1.54 bits per heavy atom. The number of carbonyl (C=O) groups excluding carboxylic acids is 1. The van der Waals surface area contributed by atoms with Crippen molar-refractivity contribution < 1.29 is 10.0 Å². The summed E-state index contributed by atoms with van der Waals surface area (Å²) >= 11 is 0. The molecule has 0 heterocycles. The van der Waals surface area contributed by atoms with Crippen molar-refractivity contribution in [2.45, 2.75) is 33.0 Å². The highest BCUT2D eigenvalue weighted by atomic mass is 16.5. The van der Waals surface area contributed by atoms with Crippen LogP contribution in [0.4, 0.5) is 0 Å². The Hall–Kier alpha value is -1.12. The fourth-order valence-electron chi connectivity index (χ4n) is 0.929. The molecular weight excluding hydrogens is 170 g/mol. The minimum Gasteiger partial charge on any atom is -0.341 e. The summed E-state index contributed by atoms with van der Waals surface area (Å²) in [4.78, 5) is 10.1. The van der Waals surface area contributed by atoms with Gasteiger partial charge in [-0.05, 0) is 12.8 Å². The third-order valence-corrected chi connectivity index (χ3v) is 1.75. The standard InChI is InChI=1S/C8H15N3O2/c1-6(2)8(4-9)11(13)7(3)10-5-12/h5-8,13H,1-3H3,(H,10,12). The highest BCUT2D eigenvalue weighted by Gasteiger charge is 2.23. The molecule has 0 aliphatic rings. The molecule has 0 rings (SSSR count). The van der Waals surface area contributed by atoms with E-state index in [2.05, 4.69) is 5.32 Å². The first-order valence-electron chi connectivity index (χ1n) is 4.11. The summed E-state index contributed by atoms with van der Waals surface area (Å²) in [5.74, 6) is 0.00546. The van der Waals surface area contributed by atoms with Gasteiger partial charge in [-0.1, -0.05) is 13.8 Å². The zero-order chi connectivity index (χ0) is 10.4. The van der Waals surface area contributed by atoms with Crippen LogP contribution in [0.15, 0.2) is 0 Å². The van der Waals surface area contributed by atoms with E-state index in [1.807, 2.05) is 19.9 Å². The van der Waals surface area contributed by atoms with Crippen molar-refractivity contribution in [3.63, 3.8) is 0 Å². The molecule has 0 spiro atoms. The summed E-state index contributed by atoms with van der Waals surface area (Å²) in [5, 5.41) is 21.4. The van der Waals surface area contributed by atoms with Gasteiger partial charge in [0.1, 0.15) is 12.2 Å². The summed E-state index contributed by atoms with van der Waals surface area (Å²) in [7, 11) is 0. The SMILES string of the molecule is CC(C)C(C#N)N(O)C(C)NC=O. The Labute approximate surface area is 77.9 Å². The van der Waals surface area contributed by atoms with Crippen LogP contribution in [0.2, 0.25) is 0 Å². The van der Waals surface area contributed by atoms with Crippen molar-refractivity contribution in [3.05, 3.63) is 0 Å². The Morgan fingerprint density at radius 2 is 2.08 bits per heavy atom. The summed E-state index contributed by atoms with van der Waals surface area (Å²) in [6.45, 7) is 5.25. The van der Waals surface area contributed by atoms with Gasteiger partial charge in [0.05, 0.1) is 6.07 Å². The fraction of sp³-hybridized carbons (Fsp3) is 0.750. The Kier molecular flexibility index (Phi) is 5.04. The normalized spacial score (nSPS) is 15.2. The first kappa shape index (κ1) is 11.9. The predicted molar refractivity (Wildman–Crippen MR) is 46.5 cm³/mol. The topological polar surface area (TPSA) is 76.4 Å². The lowest BCUT2D eigenvalue weighted by Crippen LogP contribution is -2.48. The van der Waals surface area contributed by atoms with E-state index in [1.165, 1.54) is 0 Å². The predicted octanol–water partition coefficient (Wildman–Crippen LogP) is 0.318. The van der Waals surface area contributed by atoms with Crippen molar-refractivity contribution in [2.24, 2.45) is 5.92 Å². The lowest BCUT2D eigenvalue weighted by atomic mass is 10.1. The molecule has 0 aliphatic carbocycles. The number of hydrogen-bond donors (Lipinski definition) is 2. The number of nitrogens with one attached hydrogen (secondary N) is 1. The molecule has 5 nitrogen and oxygen atoms in total. The van der Waals surface area contributed by atoms with Crippen LogP contribution in [-0.2, 0) is 4.79 Å². The summed E-state index contributed by atoms with van der Waals surface area (Å²) < 4.78 is 0. The molecule has 74 valence electrons. The number of hydroxylamine groups is 2. The van der Waals surface area contributed by atoms with Gasteiger partial charge < -0.3 is 10.5 Å². The maximum atomic E-state index is 10.1. The molecule has 0 aromatic carbocycles. The van der Waals surface area contributed by atoms with E-state index in [-0.39, 0.29) is 5.92 Å². The number of nitrogens with zero attached hydrogens (tertiary/aromatic N) is 2. The molecular formula is C8H15N3O2. The molecule has 0 saturated heterocycles. The zero-order valence-corrected chi connectivity index (χ0v) is 8.06. The molecule has 5 heteroatoms. The van der Waals surface area contributed by atoms with Crippen LogP contribution in [0.1, 0.15) is 20.8 Å². The number of carbonyl (C=O) groups is 1. The summed E-state index contributed by atoms with van der Waals surface area (Å²) in [6, 6.07) is 1.35. The highest BCUT2D eigenvalue weighted by molar-refractivity contribution is 5.46. The third kappa shape index (κ3) is 3.40. The van der Waals surface area contributed by atoms with Gasteiger partial charge in [-0.15, -0.1) is 0 Å². The number of hydrogen-bond acceptors (Lipinski definition) is 4. The number of nitriles is 1. The van der Waals surface area contributed by atoms with E-state index in [4.69, 9.17) is 5.26 Å². The van der Waals surface area contributed by atoms with Crippen LogP contribution in [-0.4, -0.2) is 28.9 Å². The molecule has 0 bridgehead atoms. The van der Waals surface area contributed by atoms with Crippen LogP contribution < -0.4 is 5.32 Å². The van der Waals surface area contributed by atoms with E-state index >= 15 is 0 Å². The second-order valence-corrected chi connectivity index (χ2v) is 3.16. The quantitative estimate of drug-likeness (QED) is 0.367. The third-order valence-electron chi connectivity index (χ3n) is 1.75. The number of rotatable bonds is 5.